The lowest BCUT2D eigenvalue weighted by Crippen LogP contribution is -2.52. The number of hydrogen-bond donors (Lipinski definition) is 1. The Balaban J connectivity index is 2.09. The van der Waals surface area contributed by atoms with Gasteiger partial charge in [-0.05, 0) is 31.5 Å². The first kappa shape index (κ1) is 18.3. The molecule has 1 aliphatic rings. The number of nitrogens with one attached hydrogen (secondary N) is 1. The van der Waals surface area contributed by atoms with Gasteiger partial charge in [0.15, 0.2) is 11.5 Å². The van der Waals surface area contributed by atoms with E-state index in [4.69, 9.17) is 9.47 Å². The van der Waals surface area contributed by atoms with Crippen LogP contribution in [-0.2, 0) is 5.54 Å². The van der Waals surface area contributed by atoms with Gasteiger partial charge in [-0.2, -0.15) is 0 Å². The fourth-order valence-corrected chi connectivity index (χ4v) is 2.68. The third-order valence-corrected chi connectivity index (χ3v) is 4.31. The number of benzene rings is 1. The molecule has 0 bridgehead atoms. The third kappa shape index (κ3) is 4.07. The van der Waals surface area contributed by atoms with Crippen LogP contribution in [-0.4, -0.2) is 44.2 Å². The number of nitrogens with zero attached hydrogens (tertiary/aromatic N) is 1. The van der Waals surface area contributed by atoms with Gasteiger partial charge in [0.05, 0.1) is 19.8 Å². The molecular weight excluding hydrogens is 318 g/mol. The summed E-state index contributed by atoms with van der Waals surface area (Å²) in [6.45, 7) is 3.82. The number of amides is 2. The number of carbonyl (C=O) groups is 1. The second kappa shape index (κ2) is 6.83. The van der Waals surface area contributed by atoms with E-state index in [9.17, 15) is 13.6 Å². The van der Waals surface area contributed by atoms with Gasteiger partial charge in [-0.3, -0.25) is 0 Å². The number of carbonyl (C=O) groups excluding carboxylic acids is 1. The molecular formula is C17H24F2N2O3. The van der Waals surface area contributed by atoms with E-state index in [2.05, 4.69) is 5.32 Å². The van der Waals surface area contributed by atoms with Gasteiger partial charge in [-0.1, -0.05) is 6.07 Å². The van der Waals surface area contributed by atoms with Crippen LogP contribution in [0.3, 0.4) is 0 Å². The van der Waals surface area contributed by atoms with Crippen LogP contribution >= 0.6 is 0 Å². The highest BCUT2D eigenvalue weighted by molar-refractivity contribution is 5.75. The summed E-state index contributed by atoms with van der Waals surface area (Å²) in [4.78, 5) is 13.8. The standard InChI is InChI=1S/C17H24F2N2O3/c1-16(2,12-5-6-13(23-3)14(11-12)24-4)20-15(22)21-9-7-17(18,19)8-10-21/h5-6,11H,7-10H2,1-4H3,(H,20,22). The summed E-state index contributed by atoms with van der Waals surface area (Å²) in [7, 11) is 3.09. The molecule has 0 saturated carbocycles. The average Bonchev–Trinajstić information content (AvgIpc) is 2.53. The monoisotopic (exact) mass is 342 g/mol. The summed E-state index contributed by atoms with van der Waals surface area (Å²) in [6.07, 6.45) is -0.589. The van der Waals surface area contributed by atoms with Crippen molar-refractivity contribution in [3.8, 4) is 11.5 Å². The van der Waals surface area contributed by atoms with Crippen LogP contribution in [0.15, 0.2) is 18.2 Å². The van der Waals surface area contributed by atoms with E-state index in [0.29, 0.717) is 11.5 Å². The van der Waals surface area contributed by atoms with E-state index in [1.807, 2.05) is 19.9 Å². The van der Waals surface area contributed by atoms with E-state index in [-0.39, 0.29) is 32.0 Å². The van der Waals surface area contributed by atoms with Crippen LogP contribution in [0.1, 0.15) is 32.3 Å². The van der Waals surface area contributed by atoms with E-state index in [1.54, 1.807) is 26.4 Å². The Labute approximate surface area is 140 Å². The van der Waals surface area contributed by atoms with Gasteiger partial charge in [-0.15, -0.1) is 0 Å². The Bertz CT molecular complexity index is 595. The minimum atomic E-state index is -2.67. The summed E-state index contributed by atoms with van der Waals surface area (Å²) < 4.78 is 36.9. The fourth-order valence-electron chi connectivity index (χ4n) is 2.68. The zero-order valence-corrected chi connectivity index (χ0v) is 14.5. The van der Waals surface area contributed by atoms with Crippen molar-refractivity contribution >= 4 is 6.03 Å². The Kier molecular flexibility index (Phi) is 5.20. The van der Waals surface area contributed by atoms with E-state index in [1.165, 1.54) is 4.90 Å². The molecule has 0 atom stereocenters. The summed E-state index contributed by atoms with van der Waals surface area (Å²) in [6, 6.07) is 5.06. The molecule has 0 unspecified atom stereocenters. The van der Waals surface area contributed by atoms with Gasteiger partial charge in [0.2, 0.25) is 0 Å². The van der Waals surface area contributed by atoms with Gasteiger partial charge in [0.1, 0.15) is 0 Å². The molecule has 134 valence electrons. The van der Waals surface area contributed by atoms with Crippen molar-refractivity contribution < 1.29 is 23.0 Å². The number of rotatable bonds is 4. The molecule has 24 heavy (non-hydrogen) atoms. The minimum Gasteiger partial charge on any atom is -0.493 e. The first-order chi connectivity index (χ1) is 11.2. The van der Waals surface area contributed by atoms with Crippen LogP contribution in [0, 0.1) is 0 Å². The molecule has 1 N–H and O–H groups in total. The fraction of sp³-hybridized carbons (Fsp3) is 0.588. The topological polar surface area (TPSA) is 50.8 Å². The number of likely N-dealkylation sites (tertiary alicyclic amines) is 1. The van der Waals surface area contributed by atoms with Gasteiger partial charge in [0, 0.05) is 25.9 Å². The second-order valence-corrected chi connectivity index (χ2v) is 6.47. The molecule has 5 nitrogen and oxygen atoms in total. The molecule has 0 aliphatic carbocycles. The lowest BCUT2D eigenvalue weighted by Gasteiger charge is -2.35. The zero-order valence-electron chi connectivity index (χ0n) is 14.5. The second-order valence-electron chi connectivity index (χ2n) is 6.47. The first-order valence-corrected chi connectivity index (χ1v) is 7.86. The molecule has 7 heteroatoms. The molecule has 0 spiro atoms. The first-order valence-electron chi connectivity index (χ1n) is 7.86. The normalized spacial score (nSPS) is 17.3. The molecule has 1 aromatic carbocycles. The summed E-state index contributed by atoms with van der Waals surface area (Å²) >= 11 is 0. The van der Waals surface area contributed by atoms with Crippen LogP contribution < -0.4 is 14.8 Å². The number of hydrogen-bond acceptors (Lipinski definition) is 3. The van der Waals surface area contributed by atoms with Crippen molar-refractivity contribution in [3.63, 3.8) is 0 Å². The molecule has 2 rings (SSSR count). The van der Waals surface area contributed by atoms with Gasteiger partial charge >= 0.3 is 6.03 Å². The van der Waals surface area contributed by atoms with Crippen LogP contribution in [0.5, 0.6) is 11.5 Å². The van der Waals surface area contributed by atoms with Crippen molar-refractivity contribution in [1.82, 2.24) is 10.2 Å². The molecule has 1 heterocycles. The Hall–Kier alpha value is -2.05. The number of methoxy groups -OCH3 is 2. The van der Waals surface area contributed by atoms with E-state index < -0.39 is 11.5 Å². The van der Waals surface area contributed by atoms with Crippen molar-refractivity contribution in [3.05, 3.63) is 23.8 Å². The summed E-state index contributed by atoms with van der Waals surface area (Å²) in [5.41, 5.74) is 0.146. The van der Waals surface area contributed by atoms with Crippen molar-refractivity contribution in [2.75, 3.05) is 27.3 Å². The quantitative estimate of drug-likeness (QED) is 0.913. The third-order valence-electron chi connectivity index (χ3n) is 4.31. The predicted octanol–water partition coefficient (Wildman–Crippen LogP) is 3.38. The number of halogens is 2. The predicted molar refractivity (Wildman–Crippen MR) is 86.9 cm³/mol. The highest BCUT2D eigenvalue weighted by Gasteiger charge is 2.36. The smallest absolute Gasteiger partial charge is 0.318 e. The molecule has 0 radical (unpaired) electrons. The highest BCUT2D eigenvalue weighted by atomic mass is 19.3. The van der Waals surface area contributed by atoms with Crippen LogP contribution in [0.25, 0.3) is 0 Å². The summed E-state index contributed by atoms with van der Waals surface area (Å²) in [5.74, 6) is -1.51. The lowest BCUT2D eigenvalue weighted by atomic mass is 9.94. The van der Waals surface area contributed by atoms with Gasteiger partial charge < -0.3 is 19.7 Å². The van der Waals surface area contributed by atoms with Gasteiger partial charge in [-0.25, -0.2) is 13.6 Å². The Morgan fingerprint density at radius 2 is 1.75 bits per heavy atom. The molecule has 1 aromatic rings. The number of urea groups is 1. The maximum atomic E-state index is 13.2. The largest absolute Gasteiger partial charge is 0.493 e. The molecule has 1 aliphatic heterocycles. The average molecular weight is 342 g/mol. The maximum absolute atomic E-state index is 13.2. The van der Waals surface area contributed by atoms with Crippen molar-refractivity contribution in [2.45, 2.75) is 38.2 Å². The zero-order chi connectivity index (χ0) is 18.0. The maximum Gasteiger partial charge on any atom is 0.318 e. The number of ether oxygens (including phenoxy) is 2. The Morgan fingerprint density at radius 3 is 2.29 bits per heavy atom. The minimum absolute atomic E-state index is 0.0564. The van der Waals surface area contributed by atoms with Crippen molar-refractivity contribution in [1.29, 1.82) is 0 Å². The summed E-state index contributed by atoms with van der Waals surface area (Å²) in [5, 5.41) is 2.90. The van der Waals surface area contributed by atoms with Crippen LogP contribution in [0.2, 0.25) is 0 Å². The van der Waals surface area contributed by atoms with E-state index in [0.717, 1.165) is 5.56 Å². The van der Waals surface area contributed by atoms with Gasteiger partial charge in [0.25, 0.3) is 5.92 Å². The van der Waals surface area contributed by atoms with Crippen LogP contribution in [0.4, 0.5) is 13.6 Å². The number of piperidine rings is 1. The molecule has 1 fully saturated rings. The van der Waals surface area contributed by atoms with Crippen molar-refractivity contribution in [2.24, 2.45) is 0 Å². The van der Waals surface area contributed by atoms with E-state index >= 15 is 0 Å². The molecule has 0 aromatic heterocycles. The molecule has 2 amide bonds. The molecule has 1 saturated heterocycles. The lowest BCUT2D eigenvalue weighted by molar-refractivity contribution is -0.0472. The highest BCUT2D eigenvalue weighted by Crippen LogP contribution is 2.32. The number of alkyl halides is 2. The SMILES string of the molecule is COc1ccc(C(C)(C)NC(=O)N2CCC(F)(F)CC2)cc1OC. The Morgan fingerprint density at radius 1 is 1.17 bits per heavy atom.